The predicted octanol–water partition coefficient (Wildman–Crippen LogP) is 6.39. The number of carboxylic acids is 1. The Morgan fingerprint density at radius 3 is 2.36 bits per heavy atom. The predicted molar refractivity (Wildman–Crippen MR) is 146 cm³/mol. The Labute approximate surface area is 226 Å². The quantitative estimate of drug-likeness (QED) is 0.217. The molecule has 0 aliphatic heterocycles. The smallest absolute Gasteiger partial charge is 0.320 e. The monoisotopic (exact) mass is 526 g/mol. The van der Waals surface area contributed by atoms with Gasteiger partial charge in [0.2, 0.25) is 0 Å². The topological polar surface area (TPSA) is 127 Å². The Hall–Kier alpha value is -4.66. The first-order valence-electron chi connectivity index (χ1n) is 13.0. The van der Waals surface area contributed by atoms with Crippen molar-refractivity contribution in [1.29, 1.82) is 0 Å². The van der Waals surface area contributed by atoms with Gasteiger partial charge in [-0.25, -0.2) is 0 Å². The highest BCUT2D eigenvalue weighted by Crippen LogP contribution is 2.37. The highest BCUT2D eigenvalue weighted by Gasteiger charge is 2.24. The molecule has 1 aromatic heterocycles. The maximum absolute atomic E-state index is 12.7. The lowest BCUT2D eigenvalue weighted by atomic mass is 9.77. The van der Waals surface area contributed by atoms with Crippen molar-refractivity contribution in [3.05, 3.63) is 95.9 Å². The maximum atomic E-state index is 12.7. The number of hydrogen-bond donors (Lipinski definition) is 3. The van der Waals surface area contributed by atoms with Gasteiger partial charge in [0.1, 0.15) is 12.4 Å². The first kappa shape index (κ1) is 26.0. The molecule has 0 unspecified atom stereocenters. The fourth-order valence-electron chi connectivity index (χ4n) is 4.88. The summed E-state index contributed by atoms with van der Waals surface area (Å²) in [4.78, 5) is 23.7. The van der Waals surface area contributed by atoms with Gasteiger partial charge in [-0.1, -0.05) is 59.7 Å². The summed E-state index contributed by atoms with van der Waals surface area (Å²) >= 11 is 0. The van der Waals surface area contributed by atoms with Crippen LogP contribution in [0.1, 0.15) is 59.8 Å². The average molecular weight is 527 g/mol. The van der Waals surface area contributed by atoms with E-state index in [-0.39, 0.29) is 24.2 Å². The Balaban J connectivity index is 1.15. The number of anilines is 3. The number of ether oxygens (including phenoxy) is 1. The Bertz CT molecular complexity index is 1400. The van der Waals surface area contributed by atoms with Gasteiger partial charge < -0.3 is 24.9 Å². The van der Waals surface area contributed by atoms with Crippen molar-refractivity contribution in [2.24, 2.45) is 5.92 Å². The van der Waals surface area contributed by atoms with Gasteiger partial charge in [-0.2, -0.15) is 0 Å². The minimum absolute atomic E-state index is 0.0739. The minimum atomic E-state index is -0.722. The molecule has 4 aromatic rings. The molecule has 1 amide bonds. The second kappa shape index (κ2) is 12.3. The van der Waals surface area contributed by atoms with Gasteiger partial charge in [0.05, 0.1) is 5.69 Å². The molecule has 0 radical (unpaired) electrons. The summed E-state index contributed by atoms with van der Waals surface area (Å²) in [5, 5.41) is 22.7. The van der Waals surface area contributed by atoms with Crippen LogP contribution < -0.4 is 15.4 Å². The van der Waals surface area contributed by atoms with Crippen LogP contribution in [0.3, 0.4) is 0 Å². The van der Waals surface area contributed by atoms with Gasteiger partial charge >= 0.3 is 23.8 Å². The SMILES string of the molecule is O=C(O)CC1CCC(c2ccc(NC(=O)c3nnc(Nc4ccccc4OCc4ccccc4)o3)cc2)CC1. The van der Waals surface area contributed by atoms with Crippen molar-refractivity contribution < 1.29 is 23.8 Å². The number of carbonyl (C=O) groups is 2. The Morgan fingerprint density at radius 2 is 1.62 bits per heavy atom. The second-order valence-corrected chi connectivity index (χ2v) is 9.70. The number of nitrogens with zero attached hydrogens (tertiary/aromatic N) is 2. The highest BCUT2D eigenvalue weighted by molar-refractivity contribution is 6.00. The average Bonchev–Trinajstić information content (AvgIpc) is 3.42. The van der Waals surface area contributed by atoms with Crippen molar-refractivity contribution in [3.8, 4) is 5.75 Å². The number of aliphatic carboxylic acids is 1. The number of carbonyl (C=O) groups excluding carboxylic acids is 1. The Morgan fingerprint density at radius 1 is 0.897 bits per heavy atom. The minimum Gasteiger partial charge on any atom is -0.487 e. The zero-order chi connectivity index (χ0) is 27.0. The van der Waals surface area contributed by atoms with Gasteiger partial charge in [-0.15, -0.1) is 5.10 Å². The number of nitrogens with one attached hydrogen (secondary N) is 2. The van der Waals surface area contributed by atoms with Gasteiger partial charge in [-0.05, 0) is 72.9 Å². The van der Waals surface area contributed by atoms with Crippen LogP contribution in [0.2, 0.25) is 0 Å². The number of rotatable bonds is 10. The third-order valence-electron chi connectivity index (χ3n) is 6.94. The molecule has 0 spiro atoms. The Kier molecular flexibility index (Phi) is 8.16. The molecule has 39 heavy (non-hydrogen) atoms. The van der Waals surface area contributed by atoms with E-state index in [0.717, 1.165) is 31.2 Å². The van der Waals surface area contributed by atoms with Crippen molar-refractivity contribution in [2.75, 3.05) is 10.6 Å². The first-order valence-corrected chi connectivity index (χ1v) is 13.0. The summed E-state index contributed by atoms with van der Waals surface area (Å²) in [6.45, 7) is 0.405. The zero-order valence-corrected chi connectivity index (χ0v) is 21.4. The van der Waals surface area contributed by atoms with Crippen LogP contribution in [0.25, 0.3) is 0 Å². The molecule has 0 atom stereocenters. The van der Waals surface area contributed by atoms with E-state index in [1.165, 1.54) is 5.56 Å². The van der Waals surface area contributed by atoms with E-state index >= 15 is 0 Å². The molecule has 0 saturated heterocycles. The van der Waals surface area contributed by atoms with E-state index in [9.17, 15) is 9.59 Å². The molecule has 200 valence electrons. The molecule has 3 aromatic carbocycles. The van der Waals surface area contributed by atoms with E-state index in [1.54, 1.807) is 0 Å². The third-order valence-corrected chi connectivity index (χ3v) is 6.94. The van der Waals surface area contributed by atoms with Crippen LogP contribution in [0.4, 0.5) is 17.4 Å². The first-order chi connectivity index (χ1) is 19.0. The summed E-state index contributed by atoms with van der Waals surface area (Å²) in [5.74, 6) is -0.112. The van der Waals surface area contributed by atoms with E-state index in [2.05, 4.69) is 20.8 Å². The van der Waals surface area contributed by atoms with E-state index < -0.39 is 11.9 Å². The number of carboxylic acid groups (broad SMARTS) is 1. The standard InChI is InChI=1S/C30H30N4O5/c35-27(36)18-20-10-12-22(13-11-20)23-14-16-24(17-15-23)31-28(37)29-33-34-30(39-29)32-25-8-4-5-9-26(25)38-19-21-6-2-1-3-7-21/h1-9,14-17,20,22H,10-13,18-19H2,(H,31,37)(H,32,34)(H,35,36). The van der Waals surface area contributed by atoms with Crippen LogP contribution in [-0.2, 0) is 11.4 Å². The largest absolute Gasteiger partial charge is 0.487 e. The second-order valence-electron chi connectivity index (χ2n) is 9.70. The van der Waals surface area contributed by atoms with E-state index in [0.29, 0.717) is 29.6 Å². The molecular weight excluding hydrogens is 496 g/mol. The number of aromatic nitrogens is 2. The molecule has 5 rings (SSSR count). The normalized spacial score (nSPS) is 16.8. The molecular formula is C30H30N4O5. The van der Waals surface area contributed by atoms with Crippen LogP contribution in [0.15, 0.2) is 83.3 Å². The van der Waals surface area contributed by atoms with Crippen LogP contribution in [0, 0.1) is 5.92 Å². The zero-order valence-electron chi connectivity index (χ0n) is 21.4. The number of para-hydroxylation sites is 2. The maximum Gasteiger partial charge on any atom is 0.320 e. The van der Waals surface area contributed by atoms with Crippen LogP contribution in [0.5, 0.6) is 5.75 Å². The molecule has 1 heterocycles. The van der Waals surface area contributed by atoms with Gasteiger partial charge in [0.25, 0.3) is 0 Å². The molecule has 1 saturated carbocycles. The van der Waals surface area contributed by atoms with Gasteiger partial charge in [0.15, 0.2) is 0 Å². The summed E-state index contributed by atoms with van der Waals surface area (Å²) < 4.78 is 11.5. The summed E-state index contributed by atoms with van der Waals surface area (Å²) in [5.41, 5.74) is 3.49. The fraction of sp³-hybridized carbons (Fsp3) is 0.267. The summed E-state index contributed by atoms with van der Waals surface area (Å²) in [7, 11) is 0. The molecule has 3 N–H and O–H groups in total. The van der Waals surface area contributed by atoms with Crippen molar-refractivity contribution >= 4 is 29.3 Å². The lowest BCUT2D eigenvalue weighted by molar-refractivity contribution is -0.138. The molecule has 1 fully saturated rings. The van der Waals surface area contributed by atoms with Gasteiger partial charge in [0, 0.05) is 12.1 Å². The summed E-state index contributed by atoms with van der Waals surface area (Å²) in [6, 6.07) is 25.0. The number of amides is 1. The third kappa shape index (κ3) is 7.01. The fourth-order valence-corrected chi connectivity index (χ4v) is 4.88. The van der Waals surface area contributed by atoms with E-state index in [4.69, 9.17) is 14.3 Å². The van der Waals surface area contributed by atoms with Crippen molar-refractivity contribution in [1.82, 2.24) is 10.2 Å². The van der Waals surface area contributed by atoms with Crippen molar-refractivity contribution in [2.45, 2.75) is 44.6 Å². The summed E-state index contributed by atoms with van der Waals surface area (Å²) in [6.07, 6.45) is 4.04. The lowest BCUT2D eigenvalue weighted by Crippen LogP contribution is -2.16. The lowest BCUT2D eigenvalue weighted by Gasteiger charge is -2.28. The molecule has 1 aliphatic carbocycles. The molecule has 1 aliphatic rings. The van der Waals surface area contributed by atoms with Crippen LogP contribution in [-0.4, -0.2) is 27.2 Å². The highest BCUT2D eigenvalue weighted by atomic mass is 16.5. The molecule has 9 heteroatoms. The van der Waals surface area contributed by atoms with Crippen LogP contribution >= 0.6 is 0 Å². The van der Waals surface area contributed by atoms with E-state index in [1.807, 2.05) is 78.9 Å². The molecule has 0 bridgehead atoms. The number of benzene rings is 3. The van der Waals surface area contributed by atoms with Gasteiger partial charge in [-0.3, -0.25) is 9.59 Å². The molecule has 9 nitrogen and oxygen atoms in total. The number of hydrogen-bond acceptors (Lipinski definition) is 7. The van der Waals surface area contributed by atoms with Crippen molar-refractivity contribution in [3.63, 3.8) is 0 Å².